The third kappa shape index (κ3) is 2.63. The lowest BCUT2D eigenvalue weighted by Gasteiger charge is -2.20. The van der Waals surface area contributed by atoms with E-state index in [1.54, 1.807) is 12.1 Å². The topological polar surface area (TPSA) is 40.5 Å². The Hall–Kier alpha value is -1.77. The van der Waals surface area contributed by atoms with Crippen molar-refractivity contribution >= 4 is 11.8 Å². The predicted molar refractivity (Wildman–Crippen MR) is 65.8 cm³/mol. The molecule has 0 bridgehead atoms. The van der Waals surface area contributed by atoms with Crippen LogP contribution in [0.25, 0.3) is 0 Å². The van der Waals surface area contributed by atoms with Crippen molar-refractivity contribution in [3.05, 3.63) is 42.6 Å². The Bertz CT molecular complexity index is 387. The SMILES string of the molecule is C=CN(C(=O)O)c1ccc(C(C)(C)C)cc1. The molecule has 1 amide bonds. The summed E-state index contributed by atoms with van der Waals surface area (Å²) in [6, 6.07) is 7.45. The summed E-state index contributed by atoms with van der Waals surface area (Å²) in [5.41, 5.74) is 1.85. The third-order valence-electron chi connectivity index (χ3n) is 2.40. The Balaban J connectivity index is 3.03. The van der Waals surface area contributed by atoms with Crippen LogP contribution in [-0.4, -0.2) is 11.2 Å². The Morgan fingerprint density at radius 3 is 2.12 bits per heavy atom. The van der Waals surface area contributed by atoms with E-state index in [1.807, 2.05) is 12.1 Å². The van der Waals surface area contributed by atoms with Gasteiger partial charge in [-0.3, -0.25) is 4.90 Å². The van der Waals surface area contributed by atoms with E-state index in [9.17, 15) is 4.79 Å². The van der Waals surface area contributed by atoms with Crippen molar-refractivity contribution in [1.82, 2.24) is 0 Å². The maximum atomic E-state index is 10.9. The molecule has 0 saturated heterocycles. The van der Waals surface area contributed by atoms with E-state index < -0.39 is 6.09 Å². The fourth-order valence-corrected chi connectivity index (χ4v) is 1.42. The van der Waals surface area contributed by atoms with Gasteiger partial charge < -0.3 is 5.11 Å². The molecule has 0 heterocycles. The zero-order valence-corrected chi connectivity index (χ0v) is 9.90. The molecule has 1 rings (SSSR count). The zero-order chi connectivity index (χ0) is 12.3. The van der Waals surface area contributed by atoms with Gasteiger partial charge in [0.15, 0.2) is 0 Å². The molecule has 0 aliphatic rings. The van der Waals surface area contributed by atoms with Gasteiger partial charge in [0.2, 0.25) is 0 Å². The van der Waals surface area contributed by atoms with Crippen molar-refractivity contribution < 1.29 is 9.90 Å². The molecular weight excluding hydrogens is 202 g/mol. The minimum Gasteiger partial charge on any atom is -0.464 e. The molecule has 0 aliphatic heterocycles. The highest BCUT2D eigenvalue weighted by Gasteiger charge is 2.15. The summed E-state index contributed by atoms with van der Waals surface area (Å²) in [5.74, 6) is 0. The molecule has 3 heteroatoms. The Kier molecular flexibility index (Phi) is 3.38. The van der Waals surface area contributed by atoms with Crippen LogP contribution in [-0.2, 0) is 5.41 Å². The number of benzene rings is 1. The van der Waals surface area contributed by atoms with Gasteiger partial charge in [0.25, 0.3) is 0 Å². The van der Waals surface area contributed by atoms with E-state index in [0.29, 0.717) is 5.69 Å². The average Bonchev–Trinajstić information content (AvgIpc) is 2.17. The van der Waals surface area contributed by atoms with Gasteiger partial charge in [-0.25, -0.2) is 4.79 Å². The maximum Gasteiger partial charge on any atom is 0.415 e. The highest BCUT2D eigenvalue weighted by molar-refractivity contribution is 5.87. The van der Waals surface area contributed by atoms with E-state index in [2.05, 4.69) is 27.4 Å². The van der Waals surface area contributed by atoms with Crippen LogP contribution in [0.15, 0.2) is 37.0 Å². The molecule has 1 aromatic rings. The van der Waals surface area contributed by atoms with Crippen LogP contribution in [0.1, 0.15) is 26.3 Å². The van der Waals surface area contributed by atoms with Gasteiger partial charge in [-0.15, -0.1) is 0 Å². The first-order chi connectivity index (χ1) is 7.36. The van der Waals surface area contributed by atoms with E-state index in [1.165, 1.54) is 11.8 Å². The second-order valence-electron chi connectivity index (χ2n) is 4.63. The first-order valence-electron chi connectivity index (χ1n) is 5.11. The second-order valence-corrected chi connectivity index (χ2v) is 4.63. The van der Waals surface area contributed by atoms with Gasteiger partial charge in [-0.1, -0.05) is 39.5 Å². The zero-order valence-electron chi connectivity index (χ0n) is 9.90. The molecule has 0 radical (unpaired) electrons. The van der Waals surface area contributed by atoms with Gasteiger partial charge in [-0.2, -0.15) is 0 Å². The number of carboxylic acid groups (broad SMARTS) is 1. The lowest BCUT2D eigenvalue weighted by atomic mass is 9.87. The molecule has 0 aliphatic carbocycles. The first kappa shape index (κ1) is 12.3. The van der Waals surface area contributed by atoms with Crippen LogP contribution in [0.4, 0.5) is 10.5 Å². The number of amides is 1. The summed E-state index contributed by atoms with van der Waals surface area (Å²) in [5, 5.41) is 8.91. The summed E-state index contributed by atoms with van der Waals surface area (Å²) in [7, 11) is 0. The highest BCUT2D eigenvalue weighted by atomic mass is 16.4. The lowest BCUT2D eigenvalue weighted by Crippen LogP contribution is -2.22. The fourth-order valence-electron chi connectivity index (χ4n) is 1.42. The van der Waals surface area contributed by atoms with Gasteiger partial charge >= 0.3 is 6.09 Å². The van der Waals surface area contributed by atoms with Gasteiger partial charge in [-0.05, 0) is 23.1 Å². The minimum absolute atomic E-state index is 0.0702. The number of anilines is 1. The maximum absolute atomic E-state index is 10.9. The number of nitrogens with zero attached hydrogens (tertiary/aromatic N) is 1. The first-order valence-corrected chi connectivity index (χ1v) is 5.11. The molecule has 0 atom stereocenters. The van der Waals surface area contributed by atoms with Crippen molar-refractivity contribution in [3.63, 3.8) is 0 Å². The van der Waals surface area contributed by atoms with Crippen molar-refractivity contribution in [2.75, 3.05) is 4.90 Å². The van der Waals surface area contributed by atoms with Crippen LogP contribution in [0.5, 0.6) is 0 Å². The Labute approximate surface area is 96.0 Å². The van der Waals surface area contributed by atoms with Crippen molar-refractivity contribution in [2.45, 2.75) is 26.2 Å². The smallest absolute Gasteiger partial charge is 0.415 e. The molecule has 16 heavy (non-hydrogen) atoms. The van der Waals surface area contributed by atoms with E-state index in [0.717, 1.165) is 4.90 Å². The van der Waals surface area contributed by atoms with E-state index >= 15 is 0 Å². The molecule has 0 fully saturated rings. The van der Waals surface area contributed by atoms with Crippen LogP contribution >= 0.6 is 0 Å². The molecule has 1 N–H and O–H groups in total. The number of rotatable bonds is 2. The summed E-state index contributed by atoms with van der Waals surface area (Å²) in [4.78, 5) is 12.0. The monoisotopic (exact) mass is 219 g/mol. The summed E-state index contributed by atoms with van der Waals surface area (Å²) in [6.45, 7) is 9.82. The molecular formula is C13H17NO2. The minimum atomic E-state index is -1.03. The third-order valence-corrected chi connectivity index (χ3v) is 2.40. The Morgan fingerprint density at radius 2 is 1.81 bits per heavy atom. The van der Waals surface area contributed by atoms with E-state index in [-0.39, 0.29) is 5.41 Å². The van der Waals surface area contributed by atoms with Crippen molar-refractivity contribution in [3.8, 4) is 0 Å². The van der Waals surface area contributed by atoms with Crippen molar-refractivity contribution in [2.24, 2.45) is 0 Å². The highest BCUT2D eigenvalue weighted by Crippen LogP contribution is 2.25. The fraction of sp³-hybridized carbons (Fsp3) is 0.308. The predicted octanol–water partition coefficient (Wildman–Crippen LogP) is 3.61. The quantitative estimate of drug-likeness (QED) is 0.825. The molecule has 0 saturated carbocycles. The average molecular weight is 219 g/mol. The van der Waals surface area contributed by atoms with Crippen LogP contribution in [0, 0.1) is 0 Å². The van der Waals surface area contributed by atoms with Crippen molar-refractivity contribution in [1.29, 1.82) is 0 Å². The summed E-state index contributed by atoms with van der Waals surface area (Å²) < 4.78 is 0. The molecule has 0 spiro atoms. The van der Waals surface area contributed by atoms with Gasteiger partial charge in [0, 0.05) is 6.20 Å². The van der Waals surface area contributed by atoms with Crippen LogP contribution in [0.2, 0.25) is 0 Å². The number of hydrogen-bond donors (Lipinski definition) is 1. The molecule has 0 unspecified atom stereocenters. The molecule has 3 nitrogen and oxygen atoms in total. The summed E-state index contributed by atoms with van der Waals surface area (Å²) in [6.07, 6.45) is 0.257. The number of hydrogen-bond acceptors (Lipinski definition) is 1. The molecule has 0 aromatic heterocycles. The van der Waals surface area contributed by atoms with Gasteiger partial charge in [0.1, 0.15) is 0 Å². The molecule has 86 valence electrons. The summed E-state index contributed by atoms with van der Waals surface area (Å²) >= 11 is 0. The van der Waals surface area contributed by atoms with Crippen LogP contribution < -0.4 is 4.90 Å². The normalized spacial score (nSPS) is 10.9. The largest absolute Gasteiger partial charge is 0.464 e. The van der Waals surface area contributed by atoms with E-state index in [4.69, 9.17) is 5.11 Å². The second kappa shape index (κ2) is 4.39. The molecule has 1 aromatic carbocycles. The standard InChI is InChI=1S/C13H17NO2/c1-5-14(12(15)16)11-8-6-10(7-9-11)13(2,3)4/h5-9H,1H2,2-4H3,(H,15,16). The Morgan fingerprint density at radius 1 is 1.31 bits per heavy atom. The number of carbonyl (C=O) groups is 1. The van der Waals surface area contributed by atoms with Gasteiger partial charge in [0.05, 0.1) is 5.69 Å². The van der Waals surface area contributed by atoms with Crippen LogP contribution in [0.3, 0.4) is 0 Å². The lowest BCUT2D eigenvalue weighted by molar-refractivity contribution is 0.204.